The highest BCUT2D eigenvalue weighted by atomic mass is 16.2. The third-order valence-electron chi connectivity index (χ3n) is 4.61. The molecule has 0 unspecified atom stereocenters. The fraction of sp³-hybridized carbons (Fsp3) is 0.474. The molecule has 1 N–H and O–H groups in total. The van der Waals surface area contributed by atoms with Crippen LogP contribution in [0, 0.1) is 0 Å². The third kappa shape index (κ3) is 5.37. The average Bonchev–Trinajstić information content (AvgIpc) is 3.20. The summed E-state index contributed by atoms with van der Waals surface area (Å²) in [5.74, 6) is 0.0944. The van der Waals surface area contributed by atoms with E-state index in [0.29, 0.717) is 38.3 Å². The topological polar surface area (TPSA) is 83.4 Å². The standard InChI is InChI=1S/C19H26N6O2/c1-2-7-21-18(26)13-23-8-10-24(11-9-23)19(27)17-5-3-16(4-6-17)12-25-15-20-14-22-25/h3-6,14-15H,2,7-13H2,1H3,(H,21,26). The molecule has 0 aliphatic carbocycles. The molecule has 1 aliphatic rings. The van der Waals surface area contributed by atoms with Gasteiger partial charge in [0.05, 0.1) is 13.1 Å². The second-order valence-electron chi connectivity index (χ2n) is 6.71. The van der Waals surface area contributed by atoms with Crippen molar-refractivity contribution in [2.24, 2.45) is 0 Å². The molecular formula is C19H26N6O2. The molecular weight excluding hydrogens is 344 g/mol. The van der Waals surface area contributed by atoms with E-state index < -0.39 is 0 Å². The molecule has 8 heteroatoms. The Balaban J connectivity index is 1.48. The minimum Gasteiger partial charge on any atom is -0.355 e. The summed E-state index contributed by atoms with van der Waals surface area (Å²) in [7, 11) is 0. The first-order valence-corrected chi connectivity index (χ1v) is 9.35. The zero-order valence-corrected chi connectivity index (χ0v) is 15.7. The fourth-order valence-corrected chi connectivity index (χ4v) is 3.07. The summed E-state index contributed by atoms with van der Waals surface area (Å²) in [6.07, 6.45) is 4.11. The number of benzene rings is 1. The molecule has 1 saturated heterocycles. The molecule has 1 aromatic carbocycles. The Morgan fingerprint density at radius 1 is 1.11 bits per heavy atom. The minimum absolute atomic E-state index is 0.0393. The quantitative estimate of drug-likeness (QED) is 0.772. The number of rotatable bonds is 7. The van der Waals surface area contributed by atoms with Gasteiger partial charge >= 0.3 is 0 Å². The van der Waals surface area contributed by atoms with E-state index in [1.165, 1.54) is 6.33 Å². The van der Waals surface area contributed by atoms with Gasteiger partial charge in [-0.3, -0.25) is 14.5 Å². The largest absolute Gasteiger partial charge is 0.355 e. The first-order valence-electron chi connectivity index (χ1n) is 9.35. The van der Waals surface area contributed by atoms with Crippen molar-refractivity contribution in [3.63, 3.8) is 0 Å². The van der Waals surface area contributed by atoms with Crippen LogP contribution in [-0.2, 0) is 11.3 Å². The average molecular weight is 370 g/mol. The number of amides is 2. The van der Waals surface area contributed by atoms with E-state index in [1.807, 2.05) is 36.1 Å². The molecule has 0 bridgehead atoms. The van der Waals surface area contributed by atoms with Crippen molar-refractivity contribution >= 4 is 11.8 Å². The molecule has 1 fully saturated rings. The Hall–Kier alpha value is -2.74. The predicted molar refractivity (Wildman–Crippen MR) is 101 cm³/mol. The number of carbonyl (C=O) groups is 2. The molecule has 0 atom stereocenters. The number of piperazine rings is 1. The summed E-state index contributed by atoms with van der Waals surface area (Å²) in [6.45, 7) is 6.49. The maximum Gasteiger partial charge on any atom is 0.253 e. The van der Waals surface area contributed by atoms with Crippen molar-refractivity contribution in [2.75, 3.05) is 39.3 Å². The Bertz CT molecular complexity index is 736. The van der Waals surface area contributed by atoms with E-state index in [4.69, 9.17) is 0 Å². The van der Waals surface area contributed by atoms with Crippen LogP contribution in [0.15, 0.2) is 36.9 Å². The van der Waals surface area contributed by atoms with Crippen molar-refractivity contribution in [2.45, 2.75) is 19.9 Å². The lowest BCUT2D eigenvalue weighted by atomic mass is 10.1. The molecule has 2 amide bonds. The monoisotopic (exact) mass is 370 g/mol. The van der Waals surface area contributed by atoms with Gasteiger partial charge in [0.1, 0.15) is 12.7 Å². The van der Waals surface area contributed by atoms with Gasteiger partial charge < -0.3 is 10.2 Å². The molecule has 3 rings (SSSR count). The van der Waals surface area contributed by atoms with E-state index >= 15 is 0 Å². The zero-order chi connectivity index (χ0) is 19.1. The number of aromatic nitrogens is 3. The van der Waals surface area contributed by atoms with Gasteiger partial charge in [-0.2, -0.15) is 5.10 Å². The van der Waals surface area contributed by atoms with Gasteiger partial charge in [-0.1, -0.05) is 19.1 Å². The van der Waals surface area contributed by atoms with Crippen LogP contribution in [0.3, 0.4) is 0 Å². The number of nitrogens with one attached hydrogen (secondary N) is 1. The van der Waals surface area contributed by atoms with Gasteiger partial charge in [0, 0.05) is 38.3 Å². The highest BCUT2D eigenvalue weighted by molar-refractivity contribution is 5.94. The number of hydrogen-bond donors (Lipinski definition) is 1. The first kappa shape index (κ1) is 19.0. The zero-order valence-electron chi connectivity index (χ0n) is 15.7. The molecule has 2 aromatic rings. The Kier molecular flexibility index (Phi) is 6.54. The molecule has 2 heterocycles. The lowest BCUT2D eigenvalue weighted by Gasteiger charge is -2.34. The van der Waals surface area contributed by atoms with Crippen LogP contribution in [-0.4, -0.2) is 75.6 Å². The van der Waals surface area contributed by atoms with Crippen LogP contribution in [0.4, 0.5) is 0 Å². The molecule has 27 heavy (non-hydrogen) atoms. The first-order chi connectivity index (χ1) is 13.2. The minimum atomic E-state index is 0.0393. The van der Waals surface area contributed by atoms with E-state index in [9.17, 15) is 9.59 Å². The summed E-state index contributed by atoms with van der Waals surface area (Å²) < 4.78 is 1.74. The van der Waals surface area contributed by atoms with Gasteiger partial charge in [-0.25, -0.2) is 9.67 Å². The molecule has 8 nitrogen and oxygen atoms in total. The van der Waals surface area contributed by atoms with Gasteiger partial charge in [-0.15, -0.1) is 0 Å². The molecule has 144 valence electrons. The van der Waals surface area contributed by atoms with Crippen molar-refractivity contribution in [1.82, 2.24) is 29.9 Å². The lowest BCUT2D eigenvalue weighted by molar-refractivity contribution is -0.122. The SMILES string of the molecule is CCCNC(=O)CN1CCN(C(=O)c2ccc(Cn3cncn3)cc2)CC1. The Morgan fingerprint density at radius 2 is 1.85 bits per heavy atom. The number of hydrogen-bond acceptors (Lipinski definition) is 5. The normalized spacial score (nSPS) is 14.9. The van der Waals surface area contributed by atoms with E-state index in [2.05, 4.69) is 20.3 Å². The van der Waals surface area contributed by atoms with E-state index in [-0.39, 0.29) is 11.8 Å². The van der Waals surface area contributed by atoms with Crippen molar-refractivity contribution in [3.05, 3.63) is 48.0 Å². The highest BCUT2D eigenvalue weighted by Crippen LogP contribution is 2.11. The maximum atomic E-state index is 12.7. The third-order valence-corrected chi connectivity index (χ3v) is 4.61. The summed E-state index contributed by atoms with van der Waals surface area (Å²) in [6, 6.07) is 7.62. The van der Waals surface area contributed by atoms with Crippen LogP contribution in [0.25, 0.3) is 0 Å². The van der Waals surface area contributed by atoms with Crippen LogP contribution < -0.4 is 5.32 Å². The maximum absolute atomic E-state index is 12.7. The molecule has 0 radical (unpaired) electrons. The van der Waals surface area contributed by atoms with Crippen LogP contribution in [0.1, 0.15) is 29.3 Å². The van der Waals surface area contributed by atoms with Crippen molar-refractivity contribution < 1.29 is 9.59 Å². The highest BCUT2D eigenvalue weighted by Gasteiger charge is 2.23. The fourth-order valence-electron chi connectivity index (χ4n) is 3.07. The molecule has 0 spiro atoms. The Morgan fingerprint density at radius 3 is 2.48 bits per heavy atom. The van der Waals surface area contributed by atoms with Gasteiger partial charge in [-0.05, 0) is 24.1 Å². The summed E-state index contributed by atoms with van der Waals surface area (Å²) in [5, 5.41) is 6.97. The van der Waals surface area contributed by atoms with Crippen LogP contribution in [0.2, 0.25) is 0 Å². The second-order valence-corrected chi connectivity index (χ2v) is 6.71. The van der Waals surface area contributed by atoms with E-state index in [1.54, 1.807) is 11.0 Å². The number of carbonyl (C=O) groups excluding carboxylic acids is 2. The Labute approximate surface area is 159 Å². The summed E-state index contributed by atoms with van der Waals surface area (Å²) in [5.41, 5.74) is 1.76. The second kappa shape index (κ2) is 9.27. The van der Waals surface area contributed by atoms with Gasteiger partial charge in [0.15, 0.2) is 0 Å². The number of nitrogens with zero attached hydrogens (tertiary/aromatic N) is 5. The predicted octanol–water partition coefficient (Wildman–Crippen LogP) is 0.610. The van der Waals surface area contributed by atoms with Crippen LogP contribution in [0.5, 0.6) is 0 Å². The molecule has 1 aromatic heterocycles. The van der Waals surface area contributed by atoms with E-state index in [0.717, 1.165) is 25.1 Å². The van der Waals surface area contributed by atoms with Gasteiger partial charge in [0.2, 0.25) is 5.91 Å². The van der Waals surface area contributed by atoms with Crippen LogP contribution >= 0.6 is 0 Å². The lowest BCUT2D eigenvalue weighted by Crippen LogP contribution is -2.51. The van der Waals surface area contributed by atoms with Gasteiger partial charge in [0.25, 0.3) is 5.91 Å². The molecule has 0 saturated carbocycles. The summed E-state index contributed by atoms with van der Waals surface area (Å²) in [4.78, 5) is 32.4. The molecule has 1 aliphatic heterocycles. The smallest absolute Gasteiger partial charge is 0.253 e. The van der Waals surface area contributed by atoms with Crippen molar-refractivity contribution in [3.8, 4) is 0 Å². The van der Waals surface area contributed by atoms with Crippen molar-refractivity contribution in [1.29, 1.82) is 0 Å². The summed E-state index contributed by atoms with van der Waals surface area (Å²) >= 11 is 0.